The van der Waals surface area contributed by atoms with Crippen LogP contribution in [0.15, 0.2) is 0 Å². The summed E-state index contributed by atoms with van der Waals surface area (Å²) in [5.41, 5.74) is 5.14. The summed E-state index contributed by atoms with van der Waals surface area (Å²) in [6.45, 7) is 4.01. The first-order valence-corrected chi connectivity index (χ1v) is 6.47. The van der Waals surface area contributed by atoms with Crippen LogP contribution < -0.4 is 16.4 Å². The molecule has 1 aliphatic heterocycles. The molecule has 1 rings (SSSR count). The van der Waals surface area contributed by atoms with Gasteiger partial charge in [-0.1, -0.05) is 6.92 Å². The molecule has 4 N–H and O–H groups in total. The smallest absolute Gasteiger partial charge is 0.239 e. The van der Waals surface area contributed by atoms with E-state index in [-0.39, 0.29) is 18.4 Å². The average molecular weight is 257 g/mol. The van der Waals surface area contributed by atoms with Gasteiger partial charge in [0.25, 0.3) is 0 Å². The number of amides is 2. The molecule has 0 spiro atoms. The Morgan fingerprint density at radius 1 is 1.28 bits per heavy atom. The van der Waals surface area contributed by atoms with Crippen LogP contribution >= 0.6 is 0 Å². The lowest BCUT2D eigenvalue weighted by Crippen LogP contribution is -2.51. The van der Waals surface area contributed by atoms with E-state index in [9.17, 15) is 9.59 Å². The highest BCUT2D eigenvalue weighted by atomic mass is 16.5. The molecule has 0 aromatic heterocycles. The first kappa shape index (κ1) is 14.9. The van der Waals surface area contributed by atoms with Crippen LogP contribution in [0, 0.1) is 5.41 Å². The number of ether oxygens (including phenoxy) is 1. The molecular weight excluding hydrogens is 234 g/mol. The Morgan fingerprint density at radius 3 is 2.50 bits per heavy atom. The van der Waals surface area contributed by atoms with Gasteiger partial charge in [0.05, 0.1) is 12.0 Å². The quantitative estimate of drug-likeness (QED) is 0.591. The Labute approximate surface area is 108 Å². The average Bonchev–Trinajstić information content (AvgIpc) is 2.43. The van der Waals surface area contributed by atoms with E-state index < -0.39 is 5.41 Å². The highest BCUT2D eigenvalue weighted by molar-refractivity contribution is 5.88. The molecule has 0 unspecified atom stereocenters. The Bertz CT molecular complexity index is 288. The lowest BCUT2D eigenvalue weighted by molar-refractivity contribution is -0.137. The summed E-state index contributed by atoms with van der Waals surface area (Å²) in [5.74, 6) is -0.302. The molecule has 0 aromatic rings. The second kappa shape index (κ2) is 7.33. The van der Waals surface area contributed by atoms with E-state index in [0.29, 0.717) is 39.1 Å². The van der Waals surface area contributed by atoms with Gasteiger partial charge in [0.2, 0.25) is 11.8 Å². The van der Waals surface area contributed by atoms with Crippen molar-refractivity contribution in [3.63, 3.8) is 0 Å². The first-order valence-electron chi connectivity index (χ1n) is 6.47. The zero-order chi connectivity index (χ0) is 13.4. The van der Waals surface area contributed by atoms with Gasteiger partial charge >= 0.3 is 0 Å². The summed E-state index contributed by atoms with van der Waals surface area (Å²) < 4.78 is 5.24. The van der Waals surface area contributed by atoms with Crippen LogP contribution in [0.2, 0.25) is 0 Å². The van der Waals surface area contributed by atoms with Crippen molar-refractivity contribution in [3.05, 3.63) is 0 Å². The monoisotopic (exact) mass is 257 g/mol. The van der Waals surface area contributed by atoms with Crippen LogP contribution in [0.1, 0.15) is 26.2 Å². The van der Waals surface area contributed by atoms with E-state index in [4.69, 9.17) is 10.5 Å². The van der Waals surface area contributed by atoms with E-state index in [2.05, 4.69) is 10.6 Å². The fourth-order valence-corrected chi connectivity index (χ4v) is 1.96. The molecule has 1 aliphatic rings. The Morgan fingerprint density at radius 2 is 1.94 bits per heavy atom. The third-order valence-corrected chi connectivity index (χ3v) is 3.30. The summed E-state index contributed by atoms with van der Waals surface area (Å²) >= 11 is 0. The van der Waals surface area contributed by atoms with Crippen molar-refractivity contribution in [2.45, 2.75) is 26.2 Å². The number of nitrogens with two attached hydrogens (primary N) is 1. The number of hydrogen-bond donors (Lipinski definition) is 3. The molecule has 18 heavy (non-hydrogen) atoms. The maximum atomic E-state index is 12.1. The molecule has 6 heteroatoms. The van der Waals surface area contributed by atoms with Crippen molar-refractivity contribution >= 4 is 11.8 Å². The Kier molecular flexibility index (Phi) is 6.07. The molecule has 6 nitrogen and oxygen atoms in total. The van der Waals surface area contributed by atoms with Crippen molar-refractivity contribution in [3.8, 4) is 0 Å². The predicted molar refractivity (Wildman–Crippen MR) is 67.9 cm³/mol. The van der Waals surface area contributed by atoms with Gasteiger partial charge in [-0.3, -0.25) is 9.59 Å². The standard InChI is InChI=1S/C12H23N3O3/c1-2-5-14-10(16)8-15-11(17)12(9-13)3-6-18-7-4-12/h2-9,13H2,1H3,(H,14,16)(H,15,17). The lowest BCUT2D eigenvalue weighted by Gasteiger charge is -2.34. The number of rotatable bonds is 6. The van der Waals surface area contributed by atoms with E-state index >= 15 is 0 Å². The van der Waals surface area contributed by atoms with Gasteiger partial charge in [0.1, 0.15) is 0 Å². The summed E-state index contributed by atoms with van der Waals surface area (Å²) in [5, 5.41) is 5.38. The van der Waals surface area contributed by atoms with Gasteiger partial charge in [-0.05, 0) is 19.3 Å². The van der Waals surface area contributed by atoms with Gasteiger partial charge in [-0.2, -0.15) is 0 Å². The van der Waals surface area contributed by atoms with E-state index in [1.165, 1.54) is 0 Å². The van der Waals surface area contributed by atoms with Crippen LogP contribution in [0.25, 0.3) is 0 Å². The number of nitrogens with one attached hydrogen (secondary N) is 2. The molecule has 0 aromatic carbocycles. The minimum Gasteiger partial charge on any atom is -0.381 e. The van der Waals surface area contributed by atoms with Gasteiger partial charge < -0.3 is 21.1 Å². The maximum Gasteiger partial charge on any atom is 0.239 e. The zero-order valence-corrected chi connectivity index (χ0v) is 11.0. The van der Waals surface area contributed by atoms with Crippen molar-refractivity contribution < 1.29 is 14.3 Å². The normalized spacial score (nSPS) is 18.1. The van der Waals surface area contributed by atoms with E-state index in [1.807, 2.05) is 6.92 Å². The highest BCUT2D eigenvalue weighted by Gasteiger charge is 2.38. The van der Waals surface area contributed by atoms with Gasteiger partial charge in [0.15, 0.2) is 0 Å². The predicted octanol–water partition coefficient (Wildman–Crippen LogP) is -0.616. The van der Waals surface area contributed by atoms with E-state index in [0.717, 1.165) is 6.42 Å². The van der Waals surface area contributed by atoms with Gasteiger partial charge in [-0.15, -0.1) is 0 Å². The Hall–Kier alpha value is -1.14. The van der Waals surface area contributed by atoms with Crippen LogP contribution in [0.5, 0.6) is 0 Å². The number of hydrogen-bond acceptors (Lipinski definition) is 4. The third-order valence-electron chi connectivity index (χ3n) is 3.30. The molecule has 2 amide bonds. The van der Waals surface area contributed by atoms with Gasteiger partial charge in [0, 0.05) is 26.3 Å². The Balaban J connectivity index is 2.40. The van der Waals surface area contributed by atoms with Crippen molar-refractivity contribution in [2.75, 3.05) is 32.8 Å². The molecular formula is C12H23N3O3. The molecule has 1 saturated heterocycles. The molecule has 0 aliphatic carbocycles. The largest absolute Gasteiger partial charge is 0.381 e. The minimum atomic E-state index is -0.566. The highest BCUT2D eigenvalue weighted by Crippen LogP contribution is 2.29. The van der Waals surface area contributed by atoms with Crippen LogP contribution in [0.3, 0.4) is 0 Å². The van der Waals surface area contributed by atoms with E-state index in [1.54, 1.807) is 0 Å². The summed E-state index contributed by atoms with van der Waals surface area (Å²) in [6.07, 6.45) is 2.11. The van der Waals surface area contributed by atoms with Crippen molar-refractivity contribution in [1.29, 1.82) is 0 Å². The van der Waals surface area contributed by atoms with Crippen molar-refractivity contribution in [2.24, 2.45) is 11.1 Å². The third kappa shape index (κ3) is 3.96. The second-order valence-electron chi connectivity index (χ2n) is 4.63. The first-order chi connectivity index (χ1) is 8.64. The number of carbonyl (C=O) groups excluding carboxylic acids is 2. The fourth-order valence-electron chi connectivity index (χ4n) is 1.96. The molecule has 104 valence electrons. The zero-order valence-electron chi connectivity index (χ0n) is 11.0. The topological polar surface area (TPSA) is 93.5 Å². The molecule has 0 saturated carbocycles. The summed E-state index contributed by atoms with van der Waals surface area (Å²) in [7, 11) is 0. The molecule has 0 atom stereocenters. The van der Waals surface area contributed by atoms with Crippen LogP contribution in [-0.4, -0.2) is 44.7 Å². The minimum absolute atomic E-state index is 0.0153. The number of carbonyl (C=O) groups is 2. The van der Waals surface area contributed by atoms with Gasteiger partial charge in [-0.25, -0.2) is 0 Å². The molecule has 0 bridgehead atoms. The molecule has 1 fully saturated rings. The molecule has 0 radical (unpaired) electrons. The fraction of sp³-hybridized carbons (Fsp3) is 0.833. The maximum absolute atomic E-state index is 12.1. The van der Waals surface area contributed by atoms with Crippen LogP contribution in [0.4, 0.5) is 0 Å². The summed E-state index contributed by atoms with van der Waals surface area (Å²) in [6, 6.07) is 0. The summed E-state index contributed by atoms with van der Waals surface area (Å²) in [4.78, 5) is 23.5. The van der Waals surface area contributed by atoms with Crippen molar-refractivity contribution in [1.82, 2.24) is 10.6 Å². The SMILES string of the molecule is CCCNC(=O)CNC(=O)C1(CN)CCOCC1. The second-order valence-corrected chi connectivity index (χ2v) is 4.63. The lowest BCUT2D eigenvalue weighted by atomic mass is 9.79. The molecule has 1 heterocycles. The van der Waals surface area contributed by atoms with Crippen LogP contribution in [-0.2, 0) is 14.3 Å².